The van der Waals surface area contributed by atoms with Crippen molar-refractivity contribution in [1.29, 1.82) is 0 Å². The summed E-state index contributed by atoms with van der Waals surface area (Å²) in [6.45, 7) is 3.98. The molecule has 106 valence electrons. The van der Waals surface area contributed by atoms with Crippen molar-refractivity contribution in [1.82, 2.24) is 15.0 Å². The second kappa shape index (κ2) is 6.05. The van der Waals surface area contributed by atoms with Crippen molar-refractivity contribution in [3.8, 4) is 17.1 Å². The zero-order valence-corrected chi connectivity index (χ0v) is 12.7. The topological polar surface area (TPSA) is 51.1 Å². The molecule has 2 rings (SSSR count). The van der Waals surface area contributed by atoms with Crippen molar-refractivity contribution in [3.63, 3.8) is 0 Å². The van der Waals surface area contributed by atoms with E-state index in [4.69, 9.17) is 16.3 Å². The monoisotopic (exact) mass is 292 g/mol. The van der Waals surface area contributed by atoms with Crippen molar-refractivity contribution in [3.05, 3.63) is 29.5 Å². The fourth-order valence-corrected chi connectivity index (χ4v) is 1.78. The van der Waals surface area contributed by atoms with E-state index in [1.165, 1.54) is 0 Å². The van der Waals surface area contributed by atoms with Gasteiger partial charge in [-0.25, -0.2) is 0 Å². The molecule has 0 unspecified atom stereocenters. The molecule has 0 saturated carbocycles. The van der Waals surface area contributed by atoms with Gasteiger partial charge in [-0.05, 0) is 49.7 Å². The summed E-state index contributed by atoms with van der Waals surface area (Å²) in [5, 5.41) is 0.182. The van der Waals surface area contributed by atoms with Crippen LogP contribution < -0.4 is 9.64 Å². The molecule has 0 spiro atoms. The Morgan fingerprint density at radius 1 is 1.05 bits per heavy atom. The van der Waals surface area contributed by atoms with Crippen LogP contribution in [0.1, 0.15) is 13.8 Å². The lowest BCUT2D eigenvalue weighted by molar-refractivity contribution is 0.242. The smallest absolute Gasteiger partial charge is 0.229 e. The second-order valence-electron chi connectivity index (χ2n) is 4.81. The fraction of sp³-hybridized carbons (Fsp3) is 0.357. The number of nitrogens with zero attached hydrogens (tertiary/aromatic N) is 4. The number of benzene rings is 1. The molecule has 2 aromatic rings. The molecule has 5 nitrogen and oxygen atoms in total. The van der Waals surface area contributed by atoms with Crippen molar-refractivity contribution >= 4 is 17.5 Å². The average molecular weight is 293 g/mol. The van der Waals surface area contributed by atoms with E-state index in [0.29, 0.717) is 11.8 Å². The van der Waals surface area contributed by atoms with Crippen LogP contribution in [0.2, 0.25) is 5.28 Å². The molecule has 0 aliphatic carbocycles. The van der Waals surface area contributed by atoms with Crippen molar-refractivity contribution in [2.45, 2.75) is 20.0 Å². The molecule has 1 aromatic carbocycles. The number of rotatable bonds is 4. The lowest BCUT2D eigenvalue weighted by atomic mass is 10.2. The van der Waals surface area contributed by atoms with Gasteiger partial charge in [0, 0.05) is 19.7 Å². The Balaban J connectivity index is 2.31. The summed E-state index contributed by atoms with van der Waals surface area (Å²) in [4.78, 5) is 14.4. The number of hydrogen-bond donors (Lipinski definition) is 0. The Hall–Kier alpha value is -1.88. The standard InChI is InChI=1S/C14H17ClN4O/c1-9(2)20-11-7-5-10(6-8-11)12-16-13(15)18-14(17-12)19(3)4/h5-9H,1-4H3. The minimum absolute atomic E-state index is 0.146. The summed E-state index contributed by atoms with van der Waals surface area (Å²) in [6, 6.07) is 7.59. The molecule has 20 heavy (non-hydrogen) atoms. The van der Waals surface area contributed by atoms with Gasteiger partial charge in [-0.15, -0.1) is 0 Å². The van der Waals surface area contributed by atoms with E-state index in [-0.39, 0.29) is 11.4 Å². The number of halogens is 1. The maximum Gasteiger partial charge on any atom is 0.229 e. The zero-order valence-electron chi connectivity index (χ0n) is 12.0. The molecule has 0 fully saturated rings. The predicted molar refractivity (Wildman–Crippen MR) is 80.4 cm³/mol. The first-order valence-corrected chi connectivity index (χ1v) is 6.69. The summed E-state index contributed by atoms with van der Waals surface area (Å²) in [5.41, 5.74) is 0.869. The van der Waals surface area contributed by atoms with Crippen molar-refractivity contribution in [2.24, 2.45) is 0 Å². The van der Waals surface area contributed by atoms with Gasteiger partial charge in [0.1, 0.15) is 5.75 Å². The Labute approximate surface area is 123 Å². The largest absolute Gasteiger partial charge is 0.491 e. The molecule has 0 aliphatic heterocycles. The molecule has 0 saturated heterocycles. The van der Waals surface area contributed by atoms with Crippen LogP contribution in [0.15, 0.2) is 24.3 Å². The van der Waals surface area contributed by atoms with Gasteiger partial charge < -0.3 is 9.64 Å². The maximum atomic E-state index is 5.93. The third kappa shape index (κ3) is 3.57. The number of hydrogen-bond acceptors (Lipinski definition) is 5. The van der Waals surface area contributed by atoms with E-state index in [0.717, 1.165) is 11.3 Å². The molecule has 0 N–H and O–H groups in total. The Kier molecular flexibility index (Phi) is 4.39. The first-order chi connectivity index (χ1) is 9.45. The van der Waals surface area contributed by atoms with Crippen LogP contribution in [0.4, 0.5) is 5.95 Å². The quantitative estimate of drug-likeness (QED) is 0.867. The van der Waals surface area contributed by atoms with E-state index in [2.05, 4.69) is 15.0 Å². The summed E-state index contributed by atoms with van der Waals surface area (Å²) in [6.07, 6.45) is 0.146. The highest BCUT2D eigenvalue weighted by Gasteiger charge is 2.09. The average Bonchev–Trinajstić information content (AvgIpc) is 2.38. The van der Waals surface area contributed by atoms with Gasteiger partial charge in [-0.2, -0.15) is 15.0 Å². The molecule has 0 aliphatic rings. The maximum absolute atomic E-state index is 5.93. The first kappa shape index (κ1) is 14.5. The highest BCUT2D eigenvalue weighted by Crippen LogP contribution is 2.22. The minimum atomic E-state index is 0.146. The number of ether oxygens (including phenoxy) is 1. The predicted octanol–water partition coefficient (Wildman–Crippen LogP) is 3.05. The van der Waals surface area contributed by atoms with Crippen LogP contribution in [0, 0.1) is 0 Å². The molecule has 1 aromatic heterocycles. The second-order valence-corrected chi connectivity index (χ2v) is 5.15. The Morgan fingerprint density at radius 3 is 2.25 bits per heavy atom. The van der Waals surface area contributed by atoms with Crippen molar-refractivity contribution < 1.29 is 4.74 Å². The van der Waals surface area contributed by atoms with Crippen LogP contribution in [0.25, 0.3) is 11.4 Å². The highest BCUT2D eigenvalue weighted by atomic mass is 35.5. The van der Waals surface area contributed by atoms with E-state index >= 15 is 0 Å². The van der Waals surface area contributed by atoms with E-state index in [9.17, 15) is 0 Å². The van der Waals surface area contributed by atoms with Crippen LogP contribution in [0.3, 0.4) is 0 Å². The van der Waals surface area contributed by atoms with E-state index in [1.807, 2.05) is 52.2 Å². The van der Waals surface area contributed by atoms with Crippen LogP contribution in [-0.4, -0.2) is 35.2 Å². The van der Waals surface area contributed by atoms with Gasteiger partial charge in [0.15, 0.2) is 5.82 Å². The van der Waals surface area contributed by atoms with Gasteiger partial charge in [-0.3, -0.25) is 0 Å². The molecule has 0 bridgehead atoms. The number of aromatic nitrogens is 3. The SMILES string of the molecule is CC(C)Oc1ccc(-c2nc(Cl)nc(N(C)C)n2)cc1. The van der Waals surface area contributed by atoms with Crippen molar-refractivity contribution in [2.75, 3.05) is 19.0 Å². The summed E-state index contributed by atoms with van der Waals surface area (Å²) >= 11 is 5.93. The van der Waals surface area contributed by atoms with Crippen LogP contribution in [-0.2, 0) is 0 Å². The Bertz CT molecular complexity index is 584. The lowest BCUT2D eigenvalue weighted by Gasteiger charge is -2.12. The highest BCUT2D eigenvalue weighted by molar-refractivity contribution is 6.28. The van der Waals surface area contributed by atoms with Gasteiger partial charge >= 0.3 is 0 Å². The third-order valence-electron chi connectivity index (χ3n) is 2.48. The fourth-order valence-electron chi connectivity index (χ4n) is 1.62. The Morgan fingerprint density at radius 2 is 1.70 bits per heavy atom. The van der Waals surface area contributed by atoms with Gasteiger partial charge in [0.2, 0.25) is 11.2 Å². The third-order valence-corrected chi connectivity index (χ3v) is 2.65. The normalized spacial score (nSPS) is 10.7. The minimum Gasteiger partial charge on any atom is -0.491 e. The molecule has 1 heterocycles. The van der Waals surface area contributed by atoms with E-state index < -0.39 is 0 Å². The summed E-state index contributed by atoms with van der Waals surface area (Å²) in [7, 11) is 3.71. The molecule has 0 atom stereocenters. The number of anilines is 1. The zero-order chi connectivity index (χ0) is 14.7. The first-order valence-electron chi connectivity index (χ1n) is 6.31. The summed E-state index contributed by atoms with van der Waals surface area (Å²) < 4.78 is 5.60. The van der Waals surface area contributed by atoms with Crippen LogP contribution >= 0.6 is 11.6 Å². The van der Waals surface area contributed by atoms with Crippen LogP contribution in [0.5, 0.6) is 5.75 Å². The van der Waals surface area contributed by atoms with Gasteiger partial charge in [-0.1, -0.05) is 0 Å². The van der Waals surface area contributed by atoms with Gasteiger partial charge in [0.05, 0.1) is 6.10 Å². The molecule has 6 heteroatoms. The summed E-state index contributed by atoms with van der Waals surface area (Å²) in [5.74, 6) is 1.89. The van der Waals surface area contributed by atoms with Gasteiger partial charge in [0.25, 0.3) is 0 Å². The molecule has 0 amide bonds. The molecule has 0 radical (unpaired) electrons. The molecular weight excluding hydrogens is 276 g/mol. The molecular formula is C14H17ClN4O. The lowest BCUT2D eigenvalue weighted by Crippen LogP contribution is -2.13. The van der Waals surface area contributed by atoms with E-state index in [1.54, 1.807) is 4.90 Å².